The van der Waals surface area contributed by atoms with Crippen LogP contribution in [0.25, 0.3) is 33.3 Å². The number of pyridine rings is 1. The third-order valence-electron chi connectivity index (χ3n) is 5.73. The monoisotopic (exact) mass is 574 g/mol. The highest BCUT2D eigenvalue weighted by molar-refractivity contribution is 9.10. The van der Waals surface area contributed by atoms with Gasteiger partial charge in [0.1, 0.15) is 16.4 Å². The van der Waals surface area contributed by atoms with Gasteiger partial charge in [-0.05, 0) is 48.9 Å². The quantitative estimate of drug-likeness (QED) is 0.209. The van der Waals surface area contributed by atoms with Gasteiger partial charge in [0.2, 0.25) is 0 Å². The van der Waals surface area contributed by atoms with E-state index in [4.69, 9.17) is 9.72 Å². The van der Waals surface area contributed by atoms with Gasteiger partial charge in [-0.3, -0.25) is 4.79 Å². The Bertz CT molecular complexity index is 1630. The summed E-state index contributed by atoms with van der Waals surface area (Å²) in [5.41, 5.74) is 4.05. The molecule has 5 nitrogen and oxygen atoms in total. The van der Waals surface area contributed by atoms with Crippen LogP contribution in [-0.4, -0.2) is 23.5 Å². The number of rotatable bonds is 6. The number of amides is 1. The van der Waals surface area contributed by atoms with Crippen molar-refractivity contribution in [3.8, 4) is 22.4 Å². The lowest BCUT2D eigenvalue weighted by Crippen LogP contribution is -2.15. The number of carbonyl (C=O) groups excluding carboxylic acids is 2. The summed E-state index contributed by atoms with van der Waals surface area (Å²) in [6, 6.07) is 22.7. The molecule has 0 aliphatic heterocycles. The summed E-state index contributed by atoms with van der Waals surface area (Å²) in [4.78, 5) is 31.3. The second-order valence-corrected chi connectivity index (χ2v) is 9.91. The molecule has 0 fully saturated rings. The molecule has 0 unspecified atom stereocenters. The maximum atomic E-state index is 13.7. The van der Waals surface area contributed by atoms with Gasteiger partial charge in [-0.2, -0.15) is 0 Å². The van der Waals surface area contributed by atoms with Gasteiger partial charge in [0.15, 0.2) is 0 Å². The van der Waals surface area contributed by atoms with Crippen molar-refractivity contribution in [3.63, 3.8) is 0 Å². The van der Waals surface area contributed by atoms with E-state index in [-0.39, 0.29) is 23.9 Å². The minimum absolute atomic E-state index is 0.176. The number of hydrogen-bond acceptors (Lipinski definition) is 5. The van der Waals surface area contributed by atoms with E-state index in [1.54, 1.807) is 30.5 Å². The van der Waals surface area contributed by atoms with Crippen LogP contribution in [0.5, 0.6) is 0 Å². The van der Waals surface area contributed by atoms with Crippen LogP contribution in [0.3, 0.4) is 0 Å². The predicted octanol–water partition coefficient (Wildman–Crippen LogP) is 7.96. The van der Waals surface area contributed by atoms with E-state index in [2.05, 4.69) is 21.2 Å². The molecule has 2 heterocycles. The number of thiophene rings is 1. The van der Waals surface area contributed by atoms with Gasteiger partial charge in [-0.15, -0.1) is 11.3 Å². The minimum atomic E-state index is -0.562. The Morgan fingerprint density at radius 3 is 2.54 bits per heavy atom. The molecule has 0 saturated carbocycles. The van der Waals surface area contributed by atoms with Crippen LogP contribution in [0.15, 0.2) is 88.7 Å². The third-order valence-corrected chi connectivity index (χ3v) is 7.12. The van der Waals surface area contributed by atoms with Crippen molar-refractivity contribution in [2.45, 2.75) is 6.92 Å². The molecule has 0 atom stereocenters. The fraction of sp³-hybridized carbons (Fsp3) is 0.0690. The van der Waals surface area contributed by atoms with Crippen LogP contribution in [0.2, 0.25) is 0 Å². The first kappa shape index (κ1) is 24.8. The number of nitrogens with zero attached hydrogens (tertiary/aromatic N) is 1. The van der Waals surface area contributed by atoms with Gasteiger partial charge in [0.05, 0.1) is 23.4 Å². The third kappa shape index (κ3) is 5.16. The van der Waals surface area contributed by atoms with Crippen LogP contribution in [0.1, 0.15) is 27.6 Å². The number of ether oxygens (including phenoxy) is 1. The summed E-state index contributed by atoms with van der Waals surface area (Å²) in [6.07, 6.45) is 0. The van der Waals surface area contributed by atoms with Gasteiger partial charge in [0, 0.05) is 26.4 Å². The highest BCUT2D eigenvalue weighted by atomic mass is 79.9. The highest BCUT2D eigenvalue weighted by Gasteiger charge is 2.24. The van der Waals surface area contributed by atoms with Crippen LogP contribution < -0.4 is 5.32 Å². The average molecular weight is 575 g/mol. The van der Waals surface area contributed by atoms with Crippen LogP contribution in [0, 0.1) is 5.82 Å². The van der Waals surface area contributed by atoms with Gasteiger partial charge in [0.25, 0.3) is 5.91 Å². The molecule has 5 rings (SSSR count). The summed E-state index contributed by atoms with van der Waals surface area (Å²) in [6.45, 7) is 1.89. The summed E-state index contributed by atoms with van der Waals surface area (Å²) in [5, 5.41) is 5.72. The normalized spacial score (nSPS) is 10.9. The Kier molecular flexibility index (Phi) is 7.12. The van der Waals surface area contributed by atoms with Crippen molar-refractivity contribution in [2.24, 2.45) is 0 Å². The molecule has 1 amide bonds. The van der Waals surface area contributed by atoms with E-state index in [0.29, 0.717) is 38.3 Å². The zero-order chi connectivity index (χ0) is 25.9. The van der Waals surface area contributed by atoms with Crippen molar-refractivity contribution in [3.05, 3.63) is 106 Å². The Morgan fingerprint density at radius 2 is 1.78 bits per heavy atom. The Morgan fingerprint density at radius 1 is 1.00 bits per heavy atom. The lowest BCUT2D eigenvalue weighted by Gasteiger charge is -2.12. The van der Waals surface area contributed by atoms with Crippen molar-refractivity contribution in [2.75, 3.05) is 11.9 Å². The number of hydrogen-bond donors (Lipinski definition) is 1. The molecule has 1 N–H and O–H groups in total. The van der Waals surface area contributed by atoms with Gasteiger partial charge >= 0.3 is 5.97 Å². The number of nitrogens with one attached hydrogen (secondary N) is 1. The smallest absolute Gasteiger partial charge is 0.341 e. The number of fused-ring (bicyclic) bond motifs is 1. The first-order valence-electron chi connectivity index (χ1n) is 11.5. The molecule has 0 bridgehead atoms. The van der Waals surface area contributed by atoms with Crippen LogP contribution in [-0.2, 0) is 4.74 Å². The zero-order valence-corrected chi connectivity index (χ0v) is 22.0. The van der Waals surface area contributed by atoms with E-state index in [9.17, 15) is 14.0 Å². The fourth-order valence-electron chi connectivity index (χ4n) is 4.03. The van der Waals surface area contributed by atoms with Gasteiger partial charge < -0.3 is 10.1 Å². The summed E-state index contributed by atoms with van der Waals surface area (Å²) in [5.74, 6) is -1.32. The maximum absolute atomic E-state index is 13.7. The summed E-state index contributed by atoms with van der Waals surface area (Å²) in [7, 11) is 0. The molecule has 2 aromatic heterocycles. The van der Waals surface area contributed by atoms with Crippen molar-refractivity contribution in [1.29, 1.82) is 0 Å². The number of aromatic nitrogens is 1. The average Bonchev–Trinajstić information content (AvgIpc) is 3.32. The van der Waals surface area contributed by atoms with E-state index >= 15 is 0 Å². The van der Waals surface area contributed by atoms with Crippen molar-refractivity contribution in [1.82, 2.24) is 4.98 Å². The first-order valence-corrected chi connectivity index (χ1v) is 13.1. The molecule has 8 heteroatoms. The number of benzene rings is 3. The molecule has 0 aliphatic carbocycles. The lowest BCUT2D eigenvalue weighted by molar-refractivity contribution is 0.0529. The van der Waals surface area contributed by atoms with Crippen molar-refractivity contribution < 1.29 is 18.7 Å². The number of anilines is 1. The summed E-state index contributed by atoms with van der Waals surface area (Å²) < 4.78 is 19.7. The zero-order valence-electron chi connectivity index (χ0n) is 19.6. The first-order chi connectivity index (χ1) is 17.9. The lowest BCUT2D eigenvalue weighted by atomic mass is 10.0. The predicted molar refractivity (Wildman–Crippen MR) is 149 cm³/mol. The molecule has 37 heavy (non-hydrogen) atoms. The Balaban J connectivity index is 1.58. The van der Waals surface area contributed by atoms with E-state index in [1.165, 1.54) is 23.5 Å². The largest absolute Gasteiger partial charge is 0.462 e. The van der Waals surface area contributed by atoms with E-state index in [1.807, 2.05) is 48.5 Å². The molecule has 3 aromatic carbocycles. The number of carbonyl (C=O) groups is 2. The molecule has 0 aliphatic rings. The summed E-state index contributed by atoms with van der Waals surface area (Å²) >= 11 is 4.70. The maximum Gasteiger partial charge on any atom is 0.341 e. The SMILES string of the molecule is CCOC(=O)c1c(-c2ccc(F)cc2)csc1NC(=O)c1cc(-c2cccc(Br)c2)nc2ccccc12. The molecular weight excluding hydrogens is 555 g/mol. The van der Waals surface area contributed by atoms with E-state index < -0.39 is 5.97 Å². The second-order valence-electron chi connectivity index (χ2n) is 8.12. The molecule has 184 valence electrons. The van der Waals surface area contributed by atoms with Crippen LogP contribution in [0.4, 0.5) is 9.39 Å². The molecule has 0 radical (unpaired) electrons. The second kappa shape index (κ2) is 10.6. The van der Waals surface area contributed by atoms with Crippen molar-refractivity contribution >= 4 is 55.0 Å². The van der Waals surface area contributed by atoms with Gasteiger partial charge in [-0.1, -0.05) is 58.4 Å². The minimum Gasteiger partial charge on any atom is -0.462 e. The molecule has 5 aromatic rings. The number of halogens is 2. The fourth-order valence-corrected chi connectivity index (χ4v) is 5.38. The number of para-hydroxylation sites is 1. The van der Waals surface area contributed by atoms with E-state index in [0.717, 1.165) is 10.0 Å². The Hall–Kier alpha value is -3.88. The van der Waals surface area contributed by atoms with Crippen LogP contribution >= 0.6 is 27.3 Å². The molecular formula is C29H20BrFN2O3S. The molecule has 0 spiro atoms. The standard InChI is InChI=1S/C29H20BrFN2O3S/c1-2-36-29(35)26-23(17-10-12-20(31)13-11-17)16-37-28(26)33-27(34)22-15-25(18-6-5-7-19(30)14-18)32-24-9-4-3-8-21(22)24/h3-16H,2H2,1H3,(H,33,34). The topological polar surface area (TPSA) is 68.3 Å². The van der Waals surface area contributed by atoms with Gasteiger partial charge in [-0.25, -0.2) is 14.2 Å². The molecule has 0 saturated heterocycles. The number of esters is 1. The highest BCUT2D eigenvalue weighted by Crippen LogP contribution is 2.37. The Labute approximate surface area is 225 Å².